The van der Waals surface area contributed by atoms with Gasteiger partial charge in [0.2, 0.25) is 21.8 Å². The number of rotatable bonds is 9. The molecule has 0 saturated carbocycles. The van der Waals surface area contributed by atoms with Crippen LogP contribution in [0.4, 0.5) is 15.8 Å². The van der Waals surface area contributed by atoms with Crippen LogP contribution in [0.5, 0.6) is 0 Å². The molecule has 2 aromatic carbocycles. The van der Waals surface area contributed by atoms with Gasteiger partial charge >= 0.3 is 0 Å². The Morgan fingerprint density at radius 2 is 1.79 bits per heavy atom. The number of halogens is 1. The maximum absolute atomic E-state index is 13.3. The van der Waals surface area contributed by atoms with Gasteiger partial charge in [-0.1, -0.05) is 18.2 Å². The first-order valence-electron chi connectivity index (χ1n) is 9.83. The summed E-state index contributed by atoms with van der Waals surface area (Å²) in [5.74, 6) is -1.67. The first kappa shape index (κ1) is 25.7. The number of aryl methyl sites for hydroxylation is 1. The number of benzene rings is 2. The zero-order valence-electron chi connectivity index (χ0n) is 18.6. The molecule has 2 rings (SSSR count). The lowest BCUT2D eigenvalue weighted by molar-refractivity contribution is -0.384. The van der Waals surface area contributed by atoms with Crippen molar-refractivity contribution in [2.75, 3.05) is 24.2 Å². The fourth-order valence-corrected chi connectivity index (χ4v) is 4.05. The quantitative estimate of drug-likeness (QED) is 0.431. The lowest BCUT2D eigenvalue weighted by atomic mass is 10.1. The molecule has 12 heteroatoms. The summed E-state index contributed by atoms with van der Waals surface area (Å²) in [6, 6.07) is 8.04. The van der Waals surface area contributed by atoms with Crippen LogP contribution in [0.2, 0.25) is 0 Å². The zero-order valence-corrected chi connectivity index (χ0v) is 19.4. The molecule has 0 radical (unpaired) electrons. The topological polar surface area (TPSA) is 130 Å². The SMILES string of the molecule is CNC(=O)[C@H](C)N(Cc1ccc(F)cc1)C(=O)CN(c1cc([N+](=O)[O-])ccc1C)S(C)(=O)=O. The summed E-state index contributed by atoms with van der Waals surface area (Å²) in [7, 11) is -2.63. The largest absolute Gasteiger partial charge is 0.357 e. The molecule has 1 N–H and O–H groups in total. The first-order chi connectivity index (χ1) is 15.3. The predicted molar refractivity (Wildman–Crippen MR) is 121 cm³/mol. The minimum atomic E-state index is -4.03. The molecule has 33 heavy (non-hydrogen) atoms. The third kappa shape index (κ3) is 6.48. The number of amides is 2. The summed E-state index contributed by atoms with van der Waals surface area (Å²) in [6.07, 6.45) is 0.880. The molecule has 0 aliphatic carbocycles. The second-order valence-electron chi connectivity index (χ2n) is 7.44. The number of likely N-dealkylation sites (N-methyl/N-ethyl adjacent to an activating group) is 1. The van der Waals surface area contributed by atoms with E-state index >= 15 is 0 Å². The van der Waals surface area contributed by atoms with Crippen molar-refractivity contribution in [3.05, 3.63) is 69.5 Å². The lowest BCUT2D eigenvalue weighted by Crippen LogP contribution is -2.50. The van der Waals surface area contributed by atoms with Gasteiger partial charge in [0.1, 0.15) is 18.4 Å². The molecular weight excluding hydrogens is 455 g/mol. The standard InChI is InChI=1S/C21H25FN4O6S/c1-14-5-10-18(26(29)30)11-19(14)25(33(4,31)32)13-20(27)24(15(2)21(28)23-3)12-16-6-8-17(22)9-7-16/h5-11,15H,12-13H2,1-4H3,(H,23,28)/t15-/m0/s1. The Balaban J connectivity index is 2.46. The summed E-state index contributed by atoms with van der Waals surface area (Å²) in [5, 5.41) is 13.6. The van der Waals surface area contributed by atoms with E-state index in [1.54, 1.807) is 6.92 Å². The predicted octanol–water partition coefficient (Wildman–Crippen LogP) is 1.97. The maximum Gasteiger partial charge on any atom is 0.271 e. The lowest BCUT2D eigenvalue weighted by Gasteiger charge is -2.31. The van der Waals surface area contributed by atoms with Crippen molar-refractivity contribution in [3.63, 3.8) is 0 Å². The van der Waals surface area contributed by atoms with Gasteiger partial charge in [-0.15, -0.1) is 0 Å². The highest BCUT2D eigenvalue weighted by atomic mass is 32.2. The van der Waals surface area contributed by atoms with Gasteiger partial charge in [-0.25, -0.2) is 12.8 Å². The van der Waals surface area contributed by atoms with E-state index in [2.05, 4.69) is 5.32 Å². The number of hydrogen-bond donors (Lipinski definition) is 1. The normalized spacial score (nSPS) is 12.0. The van der Waals surface area contributed by atoms with Gasteiger partial charge in [-0.2, -0.15) is 0 Å². The number of hydrogen-bond acceptors (Lipinski definition) is 6. The first-order valence-corrected chi connectivity index (χ1v) is 11.7. The highest BCUT2D eigenvalue weighted by Gasteiger charge is 2.30. The third-order valence-electron chi connectivity index (χ3n) is 5.03. The van der Waals surface area contributed by atoms with E-state index in [4.69, 9.17) is 0 Å². The molecule has 0 heterocycles. The zero-order chi connectivity index (χ0) is 24.9. The fraction of sp³-hybridized carbons (Fsp3) is 0.333. The molecule has 1 atom stereocenters. The van der Waals surface area contributed by atoms with E-state index in [9.17, 15) is 32.5 Å². The van der Waals surface area contributed by atoms with Gasteiger partial charge in [-0.3, -0.25) is 24.0 Å². The van der Waals surface area contributed by atoms with Gasteiger partial charge in [-0.05, 0) is 37.1 Å². The van der Waals surface area contributed by atoms with Gasteiger partial charge in [0.05, 0.1) is 16.9 Å². The monoisotopic (exact) mass is 480 g/mol. The number of non-ortho nitro benzene ring substituents is 1. The van der Waals surface area contributed by atoms with Gasteiger partial charge in [0, 0.05) is 25.7 Å². The highest BCUT2D eigenvalue weighted by molar-refractivity contribution is 7.92. The molecular formula is C21H25FN4O6S. The number of sulfonamides is 1. The molecule has 2 amide bonds. The van der Waals surface area contributed by atoms with Crippen molar-refractivity contribution in [2.45, 2.75) is 26.4 Å². The molecule has 0 spiro atoms. The second-order valence-corrected chi connectivity index (χ2v) is 9.34. The van der Waals surface area contributed by atoms with Crippen LogP contribution in [0.1, 0.15) is 18.1 Å². The van der Waals surface area contributed by atoms with Crippen molar-refractivity contribution in [1.29, 1.82) is 0 Å². The van der Waals surface area contributed by atoms with Crippen LogP contribution < -0.4 is 9.62 Å². The van der Waals surface area contributed by atoms with Crippen molar-refractivity contribution in [2.24, 2.45) is 0 Å². The van der Waals surface area contributed by atoms with E-state index in [-0.39, 0.29) is 17.9 Å². The Morgan fingerprint density at radius 1 is 1.18 bits per heavy atom. The summed E-state index contributed by atoms with van der Waals surface area (Å²) < 4.78 is 39.1. The number of carbonyl (C=O) groups excluding carboxylic acids is 2. The summed E-state index contributed by atoms with van der Waals surface area (Å²) in [6.45, 7) is 2.26. The molecule has 0 aromatic heterocycles. The van der Waals surface area contributed by atoms with Crippen molar-refractivity contribution < 1.29 is 27.3 Å². The molecule has 10 nitrogen and oxygen atoms in total. The number of nitro benzene ring substituents is 1. The van der Waals surface area contributed by atoms with Crippen molar-refractivity contribution in [3.8, 4) is 0 Å². The number of anilines is 1. The molecule has 178 valence electrons. The third-order valence-corrected chi connectivity index (χ3v) is 6.16. The highest BCUT2D eigenvalue weighted by Crippen LogP contribution is 2.28. The van der Waals surface area contributed by atoms with Crippen LogP contribution in [0.3, 0.4) is 0 Å². The Morgan fingerprint density at radius 3 is 2.30 bits per heavy atom. The number of nitro groups is 1. The van der Waals surface area contributed by atoms with E-state index in [0.29, 0.717) is 11.1 Å². The van der Waals surface area contributed by atoms with Crippen LogP contribution in [0.15, 0.2) is 42.5 Å². The molecule has 0 aliphatic rings. The number of nitrogens with one attached hydrogen (secondary N) is 1. The van der Waals surface area contributed by atoms with Gasteiger partial charge in [0.15, 0.2) is 0 Å². The Kier molecular flexibility index (Phi) is 8.09. The Labute approximate surface area is 191 Å². The molecule has 0 aliphatic heterocycles. The minimum absolute atomic E-state index is 0.0191. The van der Waals surface area contributed by atoms with Crippen LogP contribution in [0, 0.1) is 22.9 Å². The molecule has 0 saturated heterocycles. The van der Waals surface area contributed by atoms with Crippen LogP contribution in [-0.4, -0.2) is 55.9 Å². The van der Waals surface area contributed by atoms with E-state index in [1.165, 1.54) is 50.4 Å². The molecule has 0 bridgehead atoms. The fourth-order valence-electron chi connectivity index (χ4n) is 3.15. The van der Waals surface area contributed by atoms with Gasteiger partial charge < -0.3 is 10.2 Å². The smallest absolute Gasteiger partial charge is 0.271 e. The second kappa shape index (κ2) is 10.4. The average Bonchev–Trinajstić information content (AvgIpc) is 2.75. The average molecular weight is 481 g/mol. The number of carbonyl (C=O) groups is 2. The summed E-state index contributed by atoms with van der Waals surface area (Å²) >= 11 is 0. The molecule has 0 unspecified atom stereocenters. The maximum atomic E-state index is 13.3. The van der Waals surface area contributed by atoms with Gasteiger partial charge in [0.25, 0.3) is 5.69 Å². The Bertz CT molecular complexity index is 1150. The van der Waals surface area contributed by atoms with E-state index in [0.717, 1.165) is 21.5 Å². The van der Waals surface area contributed by atoms with Crippen LogP contribution in [0.25, 0.3) is 0 Å². The number of nitrogens with zero attached hydrogens (tertiary/aromatic N) is 3. The van der Waals surface area contributed by atoms with E-state index < -0.39 is 45.2 Å². The molecule has 2 aromatic rings. The Hall–Kier alpha value is -3.54. The summed E-state index contributed by atoms with van der Waals surface area (Å²) in [5.41, 5.74) is 0.578. The molecule has 0 fully saturated rings. The van der Waals surface area contributed by atoms with Crippen LogP contribution >= 0.6 is 0 Å². The minimum Gasteiger partial charge on any atom is -0.357 e. The van der Waals surface area contributed by atoms with Crippen LogP contribution in [-0.2, 0) is 26.2 Å². The van der Waals surface area contributed by atoms with Crippen molar-refractivity contribution >= 4 is 33.2 Å². The summed E-state index contributed by atoms with van der Waals surface area (Å²) in [4.78, 5) is 37.2. The van der Waals surface area contributed by atoms with Crippen molar-refractivity contribution in [1.82, 2.24) is 10.2 Å². The van der Waals surface area contributed by atoms with E-state index in [1.807, 2.05) is 0 Å².